The maximum absolute atomic E-state index is 14.1. The zero-order chi connectivity index (χ0) is 22.5. The minimum Gasteiger partial charge on any atom is -0.494 e. The lowest BCUT2D eigenvalue weighted by atomic mass is 9.90. The van der Waals surface area contributed by atoms with Gasteiger partial charge in [-0.05, 0) is 40.2 Å². The molecule has 0 fully saturated rings. The third-order valence-corrected chi connectivity index (χ3v) is 4.56. The first-order valence-electron chi connectivity index (χ1n) is 8.29. The predicted octanol–water partition coefficient (Wildman–Crippen LogP) is 2.81. The lowest BCUT2D eigenvalue weighted by molar-refractivity contribution is -0.0146. The van der Waals surface area contributed by atoms with E-state index in [1.54, 1.807) is 12.1 Å². The molecule has 1 aromatic heterocycles. The van der Waals surface area contributed by atoms with Crippen LogP contribution in [0.1, 0.15) is 16.1 Å². The van der Waals surface area contributed by atoms with Gasteiger partial charge in [0.15, 0.2) is 17.0 Å². The molecule has 1 atom stereocenters. The summed E-state index contributed by atoms with van der Waals surface area (Å²) in [4.78, 5) is 17.8. The standard InChI is InChI=1S/C11H11BrF3N3O.C7H7NO3/c12-7-2-5(16)1-6(9(7)13)11(10(14)15)4-19-3-8(17)18-11;1-11-5-3-2-4-8-6(5)7(9)10/h1-2,10H,3-4,16H2,(H2,17,18);2-4H,1H3,(H,9,10)/t11-;/m0./s1. The van der Waals surface area contributed by atoms with Crippen molar-refractivity contribution in [2.75, 3.05) is 26.1 Å². The van der Waals surface area contributed by atoms with Crippen LogP contribution in [0.5, 0.6) is 5.75 Å². The molecule has 5 N–H and O–H groups in total. The number of nitrogens with two attached hydrogens (primary N) is 2. The first-order valence-corrected chi connectivity index (χ1v) is 9.09. The highest BCUT2D eigenvalue weighted by Gasteiger charge is 2.46. The number of methoxy groups -OCH3 is 1. The Bertz CT molecular complexity index is 961. The van der Waals surface area contributed by atoms with Gasteiger partial charge < -0.3 is 26.0 Å². The average Bonchev–Trinajstić information content (AvgIpc) is 2.70. The fourth-order valence-electron chi connectivity index (χ4n) is 2.64. The summed E-state index contributed by atoms with van der Waals surface area (Å²) in [6.07, 6.45) is -1.57. The number of aromatic nitrogens is 1. The van der Waals surface area contributed by atoms with Gasteiger partial charge in [0.1, 0.15) is 18.3 Å². The van der Waals surface area contributed by atoms with Crippen molar-refractivity contribution in [2.45, 2.75) is 12.0 Å². The number of carbonyl (C=O) groups is 1. The topological polar surface area (TPSA) is 133 Å². The molecule has 12 heteroatoms. The highest BCUT2D eigenvalue weighted by atomic mass is 79.9. The average molecular weight is 491 g/mol. The van der Waals surface area contributed by atoms with Crippen LogP contribution in [0.25, 0.3) is 0 Å². The van der Waals surface area contributed by atoms with E-state index in [9.17, 15) is 18.0 Å². The lowest BCUT2D eigenvalue weighted by Crippen LogP contribution is -2.45. The van der Waals surface area contributed by atoms with Crippen molar-refractivity contribution in [1.29, 1.82) is 0 Å². The molecular weight excluding hydrogens is 473 g/mol. The molecule has 0 saturated heterocycles. The van der Waals surface area contributed by atoms with Gasteiger partial charge in [-0.15, -0.1) is 0 Å². The number of nitrogen functional groups attached to an aromatic ring is 1. The van der Waals surface area contributed by atoms with Crippen molar-refractivity contribution in [3.05, 3.63) is 52.0 Å². The molecule has 2 aromatic rings. The van der Waals surface area contributed by atoms with Crippen LogP contribution in [0.4, 0.5) is 18.9 Å². The van der Waals surface area contributed by atoms with E-state index in [-0.39, 0.29) is 39.6 Å². The van der Waals surface area contributed by atoms with E-state index in [4.69, 9.17) is 26.0 Å². The first kappa shape index (κ1) is 23.4. The molecule has 0 spiro atoms. The molecule has 162 valence electrons. The number of carboxylic acids is 1. The highest BCUT2D eigenvalue weighted by molar-refractivity contribution is 9.10. The van der Waals surface area contributed by atoms with Crippen LogP contribution < -0.4 is 16.2 Å². The number of hydrogen-bond donors (Lipinski definition) is 3. The van der Waals surface area contributed by atoms with Gasteiger partial charge >= 0.3 is 5.97 Å². The number of hydrogen-bond acceptors (Lipinski definition) is 7. The second kappa shape index (κ2) is 9.76. The normalized spacial score (nSPS) is 18.3. The maximum Gasteiger partial charge on any atom is 0.358 e. The summed E-state index contributed by atoms with van der Waals surface area (Å²) in [6.45, 7) is -0.516. The summed E-state index contributed by atoms with van der Waals surface area (Å²) in [7, 11) is 1.41. The molecule has 3 rings (SSSR count). The van der Waals surface area contributed by atoms with Crippen LogP contribution in [-0.4, -0.2) is 48.6 Å². The Kier molecular flexibility index (Phi) is 7.62. The molecule has 1 aromatic carbocycles. The summed E-state index contributed by atoms with van der Waals surface area (Å²) in [5, 5.41) is 8.55. The first-order chi connectivity index (χ1) is 14.1. The predicted molar refractivity (Wildman–Crippen MR) is 106 cm³/mol. The quantitative estimate of drug-likeness (QED) is 0.561. The third-order valence-electron chi connectivity index (χ3n) is 3.99. The Morgan fingerprint density at radius 3 is 2.63 bits per heavy atom. The summed E-state index contributed by atoms with van der Waals surface area (Å²) < 4.78 is 50.7. The van der Waals surface area contributed by atoms with Crippen LogP contribution >= 0.6 is 15.9 Å². The van der Waals surface area contributed by atoms with E-state index >= 15 is 0 Å². The van der Waals surface area contributed by atoms with Gasteiger partial charge in [0.2, 0.25) is 0 Å². The second-order valence-electron chi connectivity index (χ2n) is 6.04. The van der Waals surface area contributed by atoms with E-state index in [0.29, 0.717) is 0 Å². The second-order valence-corrected chi connectivity index (χ2v) is 6.90. The number of pyridine rings is 1. The molecule has 1 aliphatic rings. The number of anilines is 1. The Morgan fingerprint density at radius 1 is 1.40 bits per heavy atom. The summed E-state index contributed by atoms with van der Waals surface area (Å²) >= 11 is 2.93. The number of ether oxygens (including phenoxy) is 2. The van der Waals surface area contributed by atoms with Crippen LogP contribution in [-0.2, 0) is 10.3 Å². The summed E-state index contributed by atoms with van der Waals surface area (Å²) in [5.41, 5.74) is 8.59. The van der Waals surface area contributed by atoms with E-state index in [1.165, 1.54) is 19.4 Å². The van der Waals surface area contributed by atoms with Gasteiger partial charge in [-0.2, -0.15) is 0 Å². The van der Waals surface area contributed by atoms with E-state index in [1.807, 2.05) is 0 Å². The largest absolute Gasteiger partial charge is 0.494 e. The molecule has 0 amide bonds. The molecule has 0 radical (unpaired) electrons. The molecule has 0 saturated carbocycles. The van der Waals surface area contributed by atoms with Gasteiger partial charge in [0.05, 0.1) is 18.2 Å². The van der Waals surface area contributed by atoms with Gasteiger partial charge in [-0.3, -0.25) is 4.99 Å². The Labute approximate surface area is 177 Å². The van der Waals surface area contributed by atoms with E-state index < -0.39 is 30.4 Å². The van der Waals surface area contributed by atoms with Gasteiger partial charge in [-0.1, -0.05) is 0 Å². The lowest BCUT2D eigenvalue weighted by Gasteiger charge is -2.33. The van der Waals surface area contributed by atoms with Crippen LogP contribution in [0.2, 0.25) is 0 Å². The van der Waals surface area contributed by atoms with Gasteiger partial charge in [0.25, 0.3) is 6.43 Å². The van der Waals surface area contributed by atoms with Gasteiger partial charge in [0, 0.05) is 17.4 Å². The molecular formula is C18H18BrF3N4O4. The number of carboxylic acid groups (broad SMARTS) is 1. The van der Waals surface area contributed by atoms with Crippen molar-refractivity contribution in [1.82, 2.24) is 4.98 Å². The Morgan fingerprint density at radius 2 is 2.10 bits per heavy atom. The molecule has 0 aliphatic carbocycles. The van der Waals surface area contributed by atoms with Crippen LogP contribution in [0.15, 0.2) is 39.9 Å². The van der Waals surface area contributed by atoms with Crippen molar-refractivity contribution >= 4 is 33.4 Å². The van der Waals surface area contributed by atoms with Crippen molar-refractivity contribution < 1.29 is 32.5 Å². The molecule has 8 nitrogen and oxygen atoms in total. The minimum absolute atomic E-state index is 0.0122. The van der Waals surface area contributed by atoms with E-state index in [0.717, 1.165) is 6.07 Å². The Hall–Kier alpha value is -2.86. The van der Waals surface area contributed by atoms with Crippen molar-refractivity contribution in [3.8, 4) is 5.75 Å². The fourth-order valence-corrected chi connectivity index (χ4v) is 3.12. The zero-order valence-corrected chi connectivity index (χ0v) is 17.2. The van der Waals surface area contributed by atoms with Crippen LogP contribution in [0.3, 0.4) is 0 Å². The number of alkyl halides is 2. The molecule has 30 heavy (non-hydrogen) atoms. The fraction of sp³-hybridized carbons (Fsp3) is 0.278. The molecule has 0 unspecified atom stereocenters. The number of aliphatic imine (C=N–C) groups is 1. The summed E-state index contributed by atoms with van der Waals surface area (Å²) in [6, 6.07) is 5.58. The number of nitrogens with zero attached hydrogens (tertiary/aromatic N) is 2. The van der Waals surface area contributed by atoms with Crippen LogP contribution in [0, 0.1) is 5.82 Å². The third kappa shape index (κ3) is 5.00. The van der Waals surface area contributed by atoms with Gasteiger partial charge in [-0.25, -0.2) is 22.9 Å². The zero-order valence-electron chi connectivity index (χ0n) is 15.6. The van der Waals surface area contributed by atoms with Crippen molar-refractivity contribution in [2.24, 2.45) is 10.7 Å². The number of rotatable bonds is 4. The maximum atomic E-state index is 14.1. The molecule has 2 heterocycles. The number of aromatic carboxylic acids is 1. The SMILES string of the molecule is COc1cccnc1C(=O)O.NC1=N[C@@](c2cc(N)cc(Br)c2F)(C(F)F)COC1. The highest BCUT2D eigenvalue weighted by Crippen LogP contribution is 2.39. The monoisotopic (exact) mass is 490 g/mol. The minimum atomic E-state index is -2.98. The smallest absolute Gasteiger partial charge is 0.358 e. The summed E-state index contributed by atoms with van der Waals surface area (Å²) in [5.74, 6) is -1.76. The van der Waals surface area contributed by atoms with E-state index in [2.05, 4.69) is 25.9 Å². The molecule has 0 bridgehead atoms. The van der Waals surface area contributed by atoms with Crippen molar-refractivity contribution in [3.63, 3.8) is 0 Å². The number of halogens is 4. The Balaban J connectivity index is 0.000000248. The number of amidine groups is 1. The molecule has 1 aliphatic heterocycles. The number of benzene rings is 1.